The van der Waals surface area contributed by atoms with Crippen molar-refractivity contribution in [3.05, 3.63) is 0 Å². The molecule has 0 rings (SSSR count). The third-order valence-corrected chi connectivity index (χ3v) is 0. The summed E-state index contributed by atoms with van der Waals surface area (Å²) in [6.07, 6.45) is 0. The minimum atomic E-state index is -5.17. The topological polar surface area (TPSA) is 241 Å². The molecule has 17 heavy (non-hydrogen) atoms. The first-order chi connectivity index (χ1) is 6.00. The second-order valence-electron chi connectivity index (χ2n) is 1.22. The predicted octanol–water partition coefficient (Wildman–Crippen LogP) is -4.01. The van der Waals surface area contributed by atoms with Gasteiger partial charge in [0.1, 0.15) is 0 Å². The van der Waals surface area contributed by atoms with Crippen LogP contribution in [0.25, 0.3) is 0 Å². The van der Waals surface area contributed by atoms with E-state index in [0.717, 1.165) is 0 Å². The van der Waals surface area contributed by atoms with Crippen LogP contribution in [0.2, 0.25) is 0 Å². The summed E-state index contributed by atoms with van der Waals surface area (Å²) in [5, 5.41) is 0. The zero-order chi connectivity index (χ0) is 13.5. The molecule has 0 unspecified atom stereocenters. The fourth-order valence-electron chi connectivity index (χ4n) is 0. The Bertz CT molecular complexity index is 341. The molecule has 0 heterocycles. The van der Waals surface area contributed by atoms with Gasteiger partial charge in [0.15, 0.2) is 0 Å². The molecule has 0 aromatic heterocycles. The van der Waals surface area contributed by atoms with Crippen molar-refractivity contribution in [2.24, 2.45) is 0 Å². The van der Waals surface area contributed by atoms with Crippen LogP contribution in [0.1, 0.15) is 0 Å². The van der Waals surface area contributed by atoms with Gasteiger partial charge in [-0.05, 0) is 0 Å². The van der Waals surface area contributed by atoms with E-state index in [2.05, 4.69) is 0 Å². The molecular formula is Dy2O12S3. The quantitative estimate of drug-likeness (QED) is 0.188. The van der Waals surface area contributed by atoms with E-state index >= 15 is 0 Å². The Morgan fingerprint density at radius 3 is 0.412 bits per heavy atom. The van der Waals surface area contributed by atoms with Crippen LogP contribution < -0.4 is 0 Å². The molecule has 17 heteroatoms. The molecule has 0 saturated heterocycles. The van der Waals surface area contributed by atoms with Crippen molar-refractivity contribution in [3.8, 4) is 0 Å². The van der Waals surface area contributed by atoms with Crippen molar-refractivity contribution in [2.75, 3.05) is 0 Å². The zero-order valence-corrected chi connectivity index (χ0v) is 13.3. The molecule has 110 valence electrons. The fraction of sp³-hybridized carbons (Fsp3) is 0. The van der Waals surface area contributed by atoms with Crippen molar-refractivity contribution in [1.29, 1.82) is 0 Å². The molecule has 0 fully saturated rings. The second-order valence-corrected chi connectivity index (χ2v) is 3.67. The summed E-state index contributed by atoms with van der Waals surface area (Å²) in [6, 6.07) is 0. The van der Waals surface area contributed by atoms with Gasteiger partial charge in [-0.25, -0.2) is 0 Å². The average Bonchev–Trinajstić information content (AvgIpc) is 1.41. The largest absolute Gasteiger partial charge is 3.00 e. The SMILES string of the molecule is O=S(=O)([O-])[O-].O=S(=O)([O-])[O-].O=S(=O)([O-])[O-].[Dy+3].[Dy+3]. The zero-order valence-electron chi connectivity index (χ0n) is 6.76. The van der Waals surface area contributed by atoms with Crippen LogP contribution in [0.4, 0.5) is 0 Å². The summed E-state index contributed by atoms with van der Waals surface area (Å²) < 4.78 is 102. The van der Waals surface area contributed by atoms with E-state index in [9.17, 15) is 0 Å². The van der Waals surface area contributed by atoms with Gasteiger partial charge in [-0.15, -0.1) is 0 Å². The first-order valence-electron chi connectivity index (χ1n) is 2.00. The molecule has 0 amide bonds. The van der Waals surface area contributed by atoms with Gasteiger partial charge < -0.3 is 27.3 Å². The Hall–Kier alpha value is 2.16. The van der Waals surface area contributed by atoms with E-state index in [1.54, 1.807) is 0 Å². The van der Waals surface area contributed by atoms with Crippen LogP contribution in [0.15, 0.2) is 0 Å². The van der Waals surface area contributed by atoms with Crippen molar-refractivity contribution in [1.82, 2.24) is 0 Å². The molecule has 0 atom stereocenters. The van der Waals surface area contributed by atoms with Gasteiger partial charge in [0, 0.05) is 31.2 Å². The van der Waals surface area contributed by atoms with Crippen LogP contribution in [0.3, 0.4) is 0 Å². The molecular weight excluding hydrogens is 613 g/mol. The molecule has 0 bridgehead atoms. The maximum atomic E-state index is 8.52. The second kappa shape index (κ2) is 13.2. The summed E-state index contributed by atoms with van der Waals surface area (Å²) in [5.41, 5.74) is 0. The van der Waals surface area contributed by atoms with Crippen molar-refractivity contribution < 1.29 is 129 Å². The summed E-state index contributed by atoms with van der Waals surface area (Å²) >= 11 is 0. The van der Waals surface area contributed by atoms with Crippen LogP contribution >= 0.6 is 0 Å². The van der Waals surface area contributed by atoms with Gasteiger partial charge in [-0.2, -0.15) is 0 Å². The first-order valence-corrected chi connectivity index (χ1v) is 6.00. The van der Waals surface area contributed by atoms with Crippen LogP contribution in [0, 0.1) is 76.3 Å². The standard InChI is InChI=1S/2Dy.3H2O4S/c;;3*1-5(2,3)4/h;;3*(H2,1,2,3,4)/q2*+3;;;/p-6. The minimum Gasteiger partial charge on any atom is -0.759 e. The average molecular weight is 613 g/mol. The van der Waals surface area contributed by atoms with Gasteiger partial charge >= 0.3 is 76.3 Å². The minimum absolute atomic E-state index is 0. The molecule has 0 aliphatic carbocycles. The van der Waals surface area contributed by atoms with E-state index in [4.69, 9.17) is 52.6 Å². The van der Waals surface area contributed by atoms with Gasteiger partial charge in [-0.1, -0.05) is 0 Å². The van der Waals surface area contributed by atoms with Gasteiger partial charge in [0.25, 0.3) is 0 Å². The van der Waals surface area contributed by atoms with Crippen LogP contribution in [-0.4, -0.2) is 52.6 Å². The number of hydrogen-bond donors (Lipinski definition) is 0. The van der Waals surface area contributed by atoms with Crippen molar-refractivity contribution in [3.63, 3.8) is 0 Å². The maximum absolute atomic E-state index is 8.52. The molecule has 12 nitrogen and oxygen atoms in total. The smallest absolute Gasteiger partial charge is 0.759 e. The Morgan fingerprint density at radius 2 is 0.412 bits per heavy atom. The molecule has 0 aliphatic heterocycles. The third-order valence-electron chi connectivity index (χ3n) is 0. The molecule has 0 aliphatic rings. The Labute approximate surface area is 157 Å². The monoisotopic (exact) mass is 616 g/mol. The first kappa shape index (κ1) is 31.5. The Balaban J connectivity index is -0.0000000400. The Morgan fingerprint density at radius 1 is 0.412 bits per heavy atom. The molecule has 0 N–H and O–H groups in total. The van der Waals surface area contributed by atoms with E-state index in [1.165, 1.54) is 0 Å². The molecule has 0 saturated carbocycles. The van der Waals surface area contributed by atoms with E-state index in [1.807, 2.05) is 0 Å². The molecule has 0 aromatic rings. The number of rotatable bonds is 0. The molecule has 0 aromatic carbocycles. The Kier molecular flexibility index (Phi) is 24.4. The number of hydrogen-bond acceptors (Lipinski definition) is 12. The summed E-state index contributed by atoms with van der Waals surface area (Å²) in [4.78, 5) is 0. The summed E-state index contributed by atoms with van der Waals surface area (Å²) in [6.45, 7) is 0. The van der Waals surface area contributed by atoms with Crippen LogP contribution in [-0.2, 0) is 31.2 Å². The van der Waals surface area contributed by atoms with Gasteiger partial charge in [-0.3, -0.25) is 25.3 Å². The van der Waals surface area contributed by atoms with E-state index in [-0.39, 0.29) is 76.3 Å². The molecule has 0 spiro atoms. The summed E-state index contributed by atoms with van der Waals surface area (Å²) in [5.74, 6) is 0. The fourth-order valence-corrected chi connectivity index (χ4v) is 0. The van der Waals surface area contributed by atoms with E-state index < -0.39 is 31.2 Å². The van der Waals surface area contributed by atoms with Gasteiger partial charge in [0.2, 0.25) is 0 Å². The summed E-state index contributed by atoms with van der Waals surface area (Å²) in [7, 11) is -15.5. The maximum Gasteiger partial charge on any atom is 3.00 e. The van der Waals surface area contributed by atoms with Crippen molar-refractivity contribution >= 4 is 31.2 Å². The van der Waals surface area contributed by atoms with Crippen LogP contribution in [0.5, 0.6) is 0 Å². The van der Waals surface area contributed by atoms with E-state index in [0.29, 0.717) is 0 Å². The van der Waals surface area contributed by atoms with Crippen molar-refractivity contribution in [2.45, 2.75) is 0 Å². The normalized spacial score (nSPS) is 10.2. The molecule has 2 radical (unpaired) electrons. The third kappa shape index (κ3) is 1020. The predicted molar refractivity (Wildman–Crippen MR) is 31.4 cm³/mol. The van der Waals surface area contributed by atoms with Gasteiger partial charge in [0.05, 0.1) is 0 Å².